The second-order valence-corrected chi connectivity index (χ2v) is 5.74. The molecule has 2 aliphatic heterocycles. The topological polar surface area (TPSA) is 53.4 Å². The molecule has 86 valence electrons. The highest BCUT2D eigenvalue weighted by Crippen LogP contribution is 2.33. The van der Waals surface area contributed by atoms with E-state index in [1.807, 2.05) is 6.92 Å². The van der Waals surface area contributed by atoms with Crippen LogP contribution in [0.5, 0.6) is 0 Å². The van der Waals surface area contributed by atoms with E-state index in [0.717, 1.165) is 5.01 Å². The van der Waals surface area contributed by atoms with Gasteiger partial charge in [0.1, 0.15) is 11.1 Å². The fourth-order valence-electron chi connectivity index (χ4n) is 2.06. The number of hydrogen-bond donors (Lipinski definition) is 0. The number of nitrogens with zero attached hydrogens (tertiary/aromatic N) is 2. The van der Waals surface area contributed by atoms with E-state index in [1.165, 1.54) is 11.3 Å². The summed E-state index contributed by atoms with van der Waals surface area (Å²) in [5.41, 5.74) is 0. The Hall–Kier alpha value is -0.630. The lowest BCUT2D eigenvalue weighted by molar-refractivity contribution is -0.156. The van der Waals surface area contributed by atoms with Gasteiger partial charge in [-0.3, -0.25) is 4.79 Å². The first kappa shape index (κ1) is 10.5. The SMILES string of the molecule is Cc1nn([C@H]2CC(=O)[C@@H]3OC[C@H]2O3)c(=S)s1. The van der Waals surface area contributed by atoms with Crippen molar-refractivity contribution in [3.05, 3.63) is 8.96 Å². The summed E-state index contributed by atoms with van der Waals surface area (Å²) in [6, 6.07) is -0.108. The van der Waals surface area contributed by atoms with Crippen molar-refractivity contribution in [3.8, 4) is 0 Å². The fraction of sp³-hybridized carbons (Fsp3) is 0.667. The van der Waals surface area contributed by atoms with Crippen LogP contribution in [0.15, 0.2) is 0 Å². The van der Waals surface area contributed by atoms with Gasteiger partial charge in [0.05, 0.1) is 12.6 Å². The number of Topliss-reactive ketones (excluding diaryl/α,β-unsaturated/α-hetero) is 1. The highest BCUT2D eigenvalue weighted by molar-refractivity contribution is 7.73. The molecule has 1 aromatic rings. The zero-order valence-electron chi connectivity index (χ0n) is 8.58. The van der Waals surface area contributed by atoms with Crippen LogP contribution in [0, 0.1) is 10.9 Å². The van der Waals surface area contributed by atoms with Crippen LogP contribution in [0.3, 0.4) is 0 Å². The Morgan fingerprint density at radius 1 is 1.62 bits per heavy atom. The maximum Gasteiger partial charge on any atom is 0.218 e. The van der Waals surface area contributed by atoms with Crippen LogP contribution in [-0.2, 0) is 14.3 Å². The first-order chi connectivity index (χ1) is 7.65. The van der Waals surface area contributed by atoms with Crippen molar-refractivity contribution in [3.63, 3.8) is 0 Å². The smallest absolute Gasteiger partial charge is 0.218 e. The zero-order chi connectivity index (χ0) is 11.3. The zero-order valence-corrected chi connectivity index (χ0v) is 10.2. The summed E-state index contributed by atoms with van der Waals surface area (Å²) >= 11 is 6.67. The molecule has 7 heteroatoms. The summed E-state index contributed by atoms with van der Waals surface area (Å²) in [4.78, 5) is 11.6. The third-order valence-electron chi connectivity index (χ3n) is 2.80. The van der Waals surface area contributed by atoms with Crippen LogP contribution in [0.25, 0.3) is 0 Å². The largest absolute Gasteiger partial charge is 0.343 e. The average molecular weight is 258 g/mol. The van der Waals surface area contributed by atoms with Gasteiger partial charge in [-0.05, 0) is 19.1 Å². The highest BCUT2D eigenvalue weighted by atomic mass is 32.1. The standard InChI is InChI=1S/C9H10N2O3S2/c1-4-10-11(9(15)16-4)5-2-6(12)8-13-3-7(5)14-8/h5,7-8H,2-3H2,1H3/t5-,7+,8+/m0/s1. The second-order valence-electron chi connectivity index (χ2n) is 3.91. The third-order valence-corrected chi connectivity index (χ3v) is 3.97. The van der Waals surface area contributed by atoms with Crippen molar-refractivity contribution in [2.45, 2.75) is 31.8 Å². The number of rotatable bonds is 1. The van der Waals surface area contributed by atoms with Gasteiger partial charge < -0.3 is 9.47 Å². The van der Waals surface area contributed by atoms with Gasteiger partial charge in [-0.15, -0.1) is 0 Å². The van der Waals surface area contributed by atoms with Gasteiger partial charge in [-0.1, -0.05) is 11.3 Å². The van der Waals surface area contributed by atoms with E-state index in [-0.39, 0.29) is 17.9 Å². The van der Waals surface area contributed by atoms with Crippen LogP contribution in [-0.4, -0.2) is 34.6 Å². The summed E-state index contributed by atoms with van der Waals surface area (Å²) in [5.74, 6) is -0.0219. The van der Waals surface area contributed by atoms with Crippen molar-refractivity contribution in [2.75, 3.05) is 6.61 Å². The molecule has 2 aliphatic rings. The molecule has 0 unspecified atom stereocenters. The van der Waals surface area contributed by atoms with E-state index < -0.39 is 6.29 Å². The predicted molar refractivity (Wildman–Crippen MR) is 58.9 cm³/mol. The van der Waals surface area contributed by atoms with E-state index in [2.05, 4.69) is 5.10 Å². The number of aryl methyl sites for hydroxylation is 1. The predicted octanol–water partition coefficient (Wildman–Crippen LogP) is 1.24. The van der Waals surface area contributed by atoms with Crippen LogP contribution in [0.4, 0.5) is 0 Å². The first-order valence-electron chi connectivity index (χ1n) is 5.01. The van der Waals surface area contributed by atoms with Crippen molar-refractivity contribution in [1.82, 2.24) is 9.78 Å². The second kappa shape index (κ2) is 3.69. The van der Waals surface area contributed by atoms with Crippen LogP contribution < -0.4 is 0 Å². The molecule has 0 aromatic carbocycles. The van der Waals surface area contributed by atoms with Crippen molar-refractivity contribution >= 4 is 29.3 Å². The van der Waals surface area contributed by atoms with Crippen molar-refractivity contribution in [2.24, 2.45) is 0 Å². The number of hydrogen-bond acceptors (Lipinski definition) is 6. The van der Waals surface area contributed by atoms with Gasteiger partial charge in [0, 0.05) is 6.42 Å². The number of aromatic nitrogens is 2. The molecule has 2 bridgehead atoms. The van der Waals surface area contributed by atoms with Gasteiger partial charge in [0.15, 0.2) is 9.74 Å². The Bertz CT molecular complexity index is 495. The first-order valence-corrected chi connectivity index (χ1v) is 6.23. The lowest BCUT2D eigenvalue weighted by Gasteiger charge is -2.26. The highest BCUT2D eigenvalue weighted by Gasteiger charge is 2.44. The average Bonchev–Trinajstić information content (AvgIpc) is 2.78. The van der Waals surface area contributed by atoms with Crippen LogP contribution in [0.1, 0.15) is 17.5 Å². The number of fused-ring (bicyclic) bond motifs is 2. The summed E-state index contributed by atoms with van der Waals surface area (Å²) in [5, 5.41) is 5.23. The molecule has 0 saturated carbocycles. The van der Waals surface area contributed by atoms with Gasteiger partial charge in [0.2, 0.25) is 6.29 Å². The molecule has 2 saturated heterocycles. The molecule has 0 amide bonds. The molecular formula is C9H10N2O3S2. The molecule has 0 spiro atoms. The Balaban J connectivity index is 1.98. The minimum Gasteiger partial charge on any atom is -0.343 e. The molecule has 3 heterocycles. The maximum atomic E-state index is 11.6. The molecule has 3 rings (SSSR count). The Morgan fingerprint density at radius 2 is 2.44 bits per heavy atom. The molecule has 2 fully saturated rings. The molecule has 0 radical (unpaired) electrons. The number of ether oxygens (including phenoxy) is 2. The van der Waals surface area contributed by atoms with Gasteiger partial charge in [-0.2, -0.15) is 5.10 Å². The number of ketones is 1. The van der Waals surface area contributed by atoms with Crippen molar-refractivity contribution < 1.29 is 14.3 Å². The lowest BCUT2D eigenvalue weighted by atomic mass is 10.0. The Kier molecular flexibility index (Phi) is 2.43. The molecule has 3 atom stereocenters. The minimum atomic E-state index is -0.657. The minimum absolute atomic E-state index is 0.0219. The van der Waals surface area contributed by atoms with E-state index in [9.17, 15) is 4.79 Å². The summed E-state index contributed by atoms with van der Waals surface area (Å²) in [6.45, 7) is 2.34. The quantitative estimate of drug-likeness (QED) is 0.709. The molecule has 0 N–H and O–H groups in total. The van der Waals surface area contributed by atoms with E-state index >= 15 is 0 Å². The maximum absolute atomic E-state index is 11.6. The van der Waals surface area contributed by atoms with Gasteiger partial charge in [0.25, 0.3) is 0 Å². The van der Waals surface area contributed by atoms with E-state index in [4.69, 9.17) is 21.7 Å². The number of carbonyl (C=O) groups excluding carboxylic acids is 1. The molecular weight excluding hydrogens is 248 g/mol. The molecule has 0 aliphatic carbocycles. The van der Waals surface area contributed by atoms with Gasteiger partial charge in [-0.25, -0.2) is 4.68 Å². The van der Waals surface area contributed by atoms with Gasteiger partial charge >= 0.3 is 0 Å². The summed E-state index contributed by atoms with van der Waals surface area (Å²) in [7, 11) is 0. The van der Waals surface area contributed by atoms with E-state index in [1.54, 1.807) is 4.68 Å². The number of carbonyl (C=O) groups is 1. The van der Waals surface area contributed by atoms with E-state index in [0.29, 0.717) is 17.0 Å². The molecule has 1 aromatic heterocycles. The summed E-state index contributed by atoms with van der Waals surface area (Å²) in [6.07, 6.45) is -0.363. The molecule has 5 nitrogen and oxygen atoms in total. The lowest BCUT2D eigenvalue weighted by Crippen LogP contribution is -2.37. The normalized spacial score (nSPS) is 33.3. The monoisotopic (exact) mass is 258 g/mol. The Morgan fingerprint density at radius 3 is 3.12 bits per heavy atom. The van der Waals surface area contributed by atoms with Crippen LogP contribution >= 0.6 is 23.6 Å². The van der Waals surface area contributed by atoms with Crippen LogP contribution in [0.2, 0.25) is 0 Å². The molecule has 16 heavy (non-hydrogen) atoms. The summed E-state index contributed by atoms with van der Waals surface area (Å²) < 4.78 is 13.1. The third kappa shape index (κ3) is 1.55. The van der Waals surface area contributed by atoms with Crippen molar-refractivity contribution in [1.29, 1.82) is 0 Å². The Labute approximate surface area is 101 Å². The fourth-order valence-corrected chi connectivity index (χ4v) is 3.25.